The normalized spacial score (nSPS) is 13.5. The fourth-order valence-corrected chi connectivity index (χ4v) is 14.5. The second kappa shape index (κ2) is 77.1. The van der Waals surface area contributed by atoms with Gasteiger partial charge in [-0.25, -0.2) is 4.57 Å². The summed E-state index contributed by atoms with van der Waals surface area (Å²) in [6.45, 7) is 4.88. The highest BCUT2D eigenvalue weighted by molar-refractivity contribution is 7.47. The third kappa shape index (κ3) is 80.2. The molecule has 0 aliphatic heterocycles. The summed E-state index contributed by atoms with van der Waals surface area (Å²) in [6.07, 6.45) is 104. The molecule has 0 aromatic carbocycles. The summed E-state index contributed by atoms with van der Waals surface area (Å²) in [5.74, 6) is -0.175. The smallest absolute Gasteiger partial charge is 0.387 e. The van der Waals surface area contributed by atoms with Crippen LogP contribution in [0.3, 0.4) is 0 Å². The van der Waals surface area contributed by atoms with Crippen molar-refractivity contribution in [3.8, 4) is 0 Å². The van der Waals surface area contributed by atoms with Gasteiger partial charge in [-0.3, -0.25) is 13.8 Å². The molecule has 8 nitrogen and oxygen atoms in total. The number of nitrogens with one attached hydrogen (secondary N) is 1. The molecule has 3 unspecified atom stereocenters. The molecule has 1 amide bonds. The van der Waals surface area contributed by atoms with Gasteiger partial charge < -0.3 is 19.8 Å². The average molecular weight is 1360 g/mol. The maximum Gasteiger partial charge on any atom is 0.472 e. The van der Waals surface area contributed by atoms with Crippen LogP contribution in [0.4, 0.5) is 0 Å². The van der Waals surface area contributed by atoms with Crippen LogP contribution in [0.1, 0.15) is 470 Å². The lowest BCUT2D eigenvalue weighted by molar-refractivity contribution is -0.870. The summed E-state index contributed by atoms with van der Waals surface area (Å²) in [7, 11) is 1.58. The number of likely N-dealkylation sites (N-methyl/N-ethyl adjacent to an activating group) is 1. The second-order valence-corrected chi connectivity index (χ2v) is 32.7. The summed E-state index contributed by atoms with van der Waals surface area (Å²) >= 11 is 0. The summed E-state index contributed by atoms with van der Waals surface area (Å²) in [4.78, 5) is 23.5. The SMILES string of the molecule is CCCCCCCCCCCCCCCCCCCCCCCCCCCC/C=C/CC/C=C/C(O)C(COP(=O)(O)OCC[N+](C)(C)C)NC(=O)CCCCCCCCCCCCCCCCCCCCCCCCCCCCCCCCCCCCCCCCCCC. The van der Waals surface area contributed by atoms with Crippen molar-refractivity contribution in [3.63, 3.8) is 0 Å². The highest BCUT2D eigenvalue weighted by Crippen LogP contribution is 2.43. The van der Waals surface area contributed by atoms with Gasteiger partial charge in [-0.05, 0) is 32.1 Å². The molecule has 0 radical (unpaired) electrons. The summed E-state index contributed by atoms with van der Waals surface area (Å²) < 4.78 is 23.9. The van der Waals surface area contributed by atoms with E-state index in [2.05, 4.69) is 31.3 Å². The van der Waals surface area contributed by atoms with Crippen LogP contribution >= 0.6 is 7.82 Å². The number of amides is 1. The van der Waals surface area contributed by atoms with Crippen molar-refractivity contribution in [1.29, 1.82) is 0 Å². The first-order valence-corrected chi connectivity index (χ1v) is 44.7. The van der Waals surface area contributed by atoms with E-state index in [-0.39, 0.29) is 19.1 Å². The third-order valence-electron chi connectivity index (χ3n) is 20.4. The Balaban J connectivity index is 3.89. The first-order chi connectivity index (χ1) is 46.5. The highest BCUT2D eigenvalue weighted by atomic mass is 31.2. The van der Waals surface area contributed by atoms with Gasteiger partial charge in [-0.15, -0.1) is 0 Å². The quantitative estimate of drug-likeness (QED) is 0.0243. The van der Waals surface area contributed by atoms with Crippen molar-refractivity contribution >= 4 is 13.7 Å². The van der Waals surface area contributed by atoms with E-state index in [1.807, 2.05) is 27.2 Å². The minimum absolute atomic E-state index is 0.0593. The number of hydrogen-bond acceptors (Lipinski definition) is 5. The van der Waals surface area contributed by atoms with E-state index in [9.17, 15) is 19.4 Å². The van der Waals surface area contributed by atoms with Gasteiger partial charge >= 0.3 is 7.82 Å². The molecule has 0 saturated carbocycles. The highest BCUT2D eigenvalue weighted by Gasteiger charge is 2.28. The van der Waals surface area contributed by atoms with E-state index in [1.165, 1.54) is 411 Å². The fourth-order valence-electron chi connectivity index (χ4n) is 13.8. The second-order valence-electron chi connectivity index (χ2n) is 31.3. The lowest BCUT2D eigenvalue weighted by atomic mass is 10.0. The van der Waals surface area contributed by atoms with Crippen molar-refractivity contribution in [1.82, 2.24) is 5.32 Å². The molecule has 3 N–H and O–H groups in total. The molecule has 0 aromatic rings. The molecule has 566 valence electrons. The number of quaternary nitrogens is 1. The number of nitrogens with zero attached hydrogens (tertiary/aromatic N) is 1. The number of hydrogen-bond donors (Lipinski definition) is 3. The summed E-state index contributed by atoms with van der Waals surface area (Å²) in [6, 6.07) is -0.863. The molecule has 95 heavy (non-hydrogen) atoms. The fraction of sp³-hybridized carbons (Fsp3) is 0.942. The van der Waals surface area contributed by atoms with E-state index in [4.69, 9.17) is 9.05 Å². The van der Waals surface area contributed by atoms with Gasteiger partial charge in [-0.2, -0.15) is 0 Å². The van der Waals surface area contributed by atoms with Crippen LogP contribution in [-0.4, -0.2) is 73.4 Å². The zero-order chi connectivity index (χ0) is 69.0. The molecule has 0 aromatic heterocycles. The van der Waals surface area contributed by atoms with E-state index < -0.39 is 20.0 Å². The molecule has 0 saturated heterocycles. The predicted octanol–water partition coefficient (Wildman–Crippen LogP) is 28.5. The first-order valence-electron chi connectivity index (χ1n) is 43.2. The Morgan fingerprint density at radius 2 is 0.579 bits per heavy atom. The zero-order valence-electron chi connectivity index (χ0n) is 65.2. The van der Waals surface area contributed by atoms with Gasteiger partial charge in [0, 0.05) is 6.42 Å². The maximum atomic E-state index is 13.1. The summed E-state index contributed by atoms with van der Waals surface area (Å²) in [5, 5.41) is 14.1. The predicted molar refractivity (Wildman–Crippen MR) is 420 cm³/mol. The number of allylic oxidation sites excluding steroid dienone is 3. The van der Waals surface area contributed by atoms with Gasteiger partial charge in [0.1, 0.15) is 13.2 Å². The average Bonchev–Trinajstić information content (AvgIpc) is 2.44. The maximum absolute atomic E-state index is 13.1. The zero-order valence-corrected chi connectivity index (χ0v) is 66.1. The molecule has 0 rings (SSSR count). The van der Waals surface area contributed by atoms with Gasteiger partial charge in [0.25, 0.3) is 0 Å². The minimum Gasteiger partial charge on any atom is -0.387 e. The Labute approximate surface area is 595 Å². The Bertz CT molecular complexity index is 1600. The summed E-state index contributed by atoms with van der Waals surface area (Å²) in [5.41, 5.74) is 0. The van der Waals surface area contributed by atoms with E-state index in [0.717, 1.165) is 38.5 Å². The van der Waals surface area contributed by atoms with Crippen molar-refractivity contribution < 1.29 is 32.9 Å². The van der Waals surface area contributed by atoms with Crippen LogP contribution in [0.25, 0.3) is 0 Å². The van der Waals surface area contributed by atoms with Gasteiger partial charge in [0.05, 0.1) is 39.9 Å². The van der Waals surface area contributed by atoms with Crippen molar-refractivity contribution in [3.05, 3.63) is 24.3 Å². The van der Waals surface area contributed by atoms with Gasteiger partial charge in [0.2, 0.25) is 5.91 Å². The van der Waals surface area contributed by atoms with Gasteiger partial charge in [-0.1, -0.05) is 456 Å². The number of aliphatic hydroxyl groups excluding tert-OH is 1. The van der Waals surface area contributed by atoms with Crippen molar-refractivity contribution in [2.45, 2.75) is 482 Å². The third-order valence-corrected chi connectivity index (χ3v) is 21.4. The number of carbonyl (C=O) groups excluding carboxylic acids is 1. The molecule has 0 heterocycles. The van der Waals surface area contributed by atoms with Crippen molar-refractivity contribution in [2.75, 3.05) is 40.9 Å². The van der Waals surface area contributed by atoms with Crippen molar-refractivity contribution in [2.24, 2.45) is 0 Å². The van der Waals surface area contributed by atoms with Crippen LogP contribution in [0.15, 0.2) is 24.3 Å². The molecule has 0 fully saturated rings. The molecular weight excluding hydrogens is 1190 g/mol. The van der Waals surface area contributed by atoms with Crippen LogP contribution in [0.5, 0.6) is 0 Å². The lowest BCUT2D eigenvalue weighted by Gasteiger charge is -2.25. The Hall–Kier alpha value is -1.02. The number of carbonyl (C=O) groups is 1. The van der Waals surface area contributed by atoms with Crippen LogP contribution < -0.4 is 5.32 Å². The van der Waals surface area contributed by atoms with E-state index in [1.54, 1.807) is 6.08 Å². The first kappa shape index (κ1) is 94.0. The number of aliphatic hydroxyl groups is 1. The lowest BCUT2D eigenvalue weighted by Crippen LogP contribution is -2.45. The van der Waals surface area contributed by atoms with Gasteiger partial charge in [0.15, 0.2) is 0 Å². The Morgan fingerprint density at radius 3 is 0.842 bits per heavy atom. The molecule has 0 aliphatic carbocycles. The monoisotopic (exact) mass is 1360 g/mol. The Morgan fingerprint density at radius 1 is 0.347 bits per heavy atom. The van der Waals surface area contributed by atoms with E-state index >= 15 is 0 Å². The molecule has 3 atom stereocenters. The topological polar surface area (TPSA) is 105 Å². The Kier molecular flexibility index (Phi) is 76.3. The molecule has 0 spiro atoms. The molecular formula is C86H172N2O6P+. The number of phosphoric ester groups is 1. The number of phosphoric acid groups is 1. The van der Waals surface area contributed by atoms with Crippen LogP contribution in [0.2, 0.25) is 0 Å². The van der Waals surface area contributed by atoms with Crippen LogP contribution in [-0.2, 0) is 18.4 Å². The number of rotatable bonds is 82. The number of unbranched alkanes of at least 4 members (excludes halogenated alkanes) is 67. The largest absolute Gasteiger partial charge is 0.472 e. The molecule has 0 aliphatic rings. The molecule has 0 bridgehead atoms. The minimum atomic E-state index is -4.37. The standard InChI is InChI=1S/C86H171N2O6P/c1-6-8-10-12-14-16-18-20-22-24-26-28-30-32-34-36-38-40-41-42-43-44-45-46-47-48-50-52-54-56-58-60-62-64-66-68-70-72-74-76-78-80-86(90)87-84(83-94-95(91,92)93-82-81-88(3,4)5)85(89)79-77-75-73-71-69-67-65-63-61-59-57-55-53-51-49-39-37-35-33-31-29-27-25-23-21-19-17-15-13-11-9-7-2/h69,71,77,79,84-85,89H,6-68,70,72-76,78,80-83H2,1-5H3,(H-,87,90,91,92)/p+1/b71-69+,79-77+. The van der Waals surface area contributed by atoms with Crippen LogP contribution in [0, 0.1) is 0 Å². The molecule has 9 heteroatoms. The van der Waals surface area contributed by atoms with E-state index in [0.29, 0.717) is 17.4 Å².